The van der Waals surface area contributed by atoms with Gasteiger partial charge in [-0.1, -0.05) is 13.2 Å². The van der Waals surface area contributed by atoms with Crippen LogP contribution in [0.2, 0.25) is 0 Å². The topological polar surface area (TPSA) is 69.7 Å². The van der Waals surface area contributed by atoms with E-state index in [2.05, 4.69) is 22.6 Å². The van der Waals surface area contributed by atoms with Crippen LogP contribution in [-0.2, 0) is 29.9 Å². The molecule has 0 N–H and O–H groups in total. The van der Waals surface area contributed by atoms with Gasteiger partial charge in [0.15, 0.2) is 0 Å². The lowest BCUT2D eigenvalue weighted by atomic mass is 10.6. The van der Waals surface area contributed by atoms with Crippen molar-refractivity contribution in [3.63, 3.8) is 0 Å². The Balaban J connectivity index is 3.52. The zero-order valence-corrected chi connectivity index (χ0v) is 9.66. The van der Waals surface area contributed by atoms with Gasteiger partial charge in [-0.2, -0.15) is 0 Å². The molecule has 0 saturated carbocycles. The zero-order chi connectivity index (χ0) is 12.4. The van der Waals surface area contributed by atoms with Crippen LogP contribution in [0.25, 0.3) is 0 Å². The van der Waals surface area contributed by atoms with Crippen molar-refractivity contribution in [3.05, 3.63) is 25.3 Å². The average Bonchev–Trinajstić information content (AvgIpc) is 2.28. The average molecular weight is 246 g/mol. The zero-order valence-electron chi connectivity index (χ0n) is 8.85. The third-order valence-electron chi connectivity index (χ3n) is 1.44. The Labute approximate surface area is 96.6 Å². The molecule has 0 aliphatic rings. The Morgan fingerprint density at radius 2 is 1.38 bits per heavy atom. The normalized spacial score (nSPS) is 9.56. The Hall–Kier alpha value is -1.43. The van der Waals surface area contributed by atoms with Gasteiger partial charge in [-0.05, 0) is 0 Å². The maximum atomic E-state index is 11.3. The third-order valence-corrected chi connectivity index (χ3v) is 2.69. The van der Waals surface area contributed by atoms with Crippen molar-refractivity contribution in [2.45, 2.75) is 0 Å². The summed E-state index contributed by atoms with van der Waals surface area (Å²) in [6, 6.07) is 0. The van der Waals surface area contributed by atoms with Gasteiger partial charge in [0.1, 0.15) is 13.2 Å². The predicted octanol–water partition coefficient (Wildman–Crippen LogP) is 0.194. The highest BCUT2D eigenvalue weighted by Gasteiger charge is 2.03. The van der Waals surface area contributed by atoms with Crippen LogP contribution in [0.3, 0.4) is 0 Å². The van der Waals surface area contributed by atoms with Crippen molar-refractivity contribution in [3.8, 4) is 0 Å². The summed E-state index contributed by atoms with van der Waals surface area (Å²) in [5.41, 5.74) is 0. The summed E-state index contributed by atoms with van der Waals surface area (Å²) in [4.78, 5) is 21.2. The lowest BCUT2D eigenvalue weighted by Crippen LogP contribution is -2.15. The van der Waals surface area contributed by atoms with E-state index in [0.717, 1.165) is 12.2 Å². The van der Waals surface area contributed by atoms with E-state index >= 15 is 0 Å². The van der Waals surface area contributed by atoms with E-state index in [-0.39, 0.29) is 24.7 Å². The molecule has 0 saturated heterocycles. The summed E-state index contributed by atoms with van der Waals surface area (Å²) in [6.07, 6.45) is 2.07. The van der Waals surface area contributed by atoms with Gasteiger partial charge in [0.05, 0.1) is 11.5 Å². The number of rotatable bonds is 8. The van der Waals surface area contributed by atoms with Crippen LogP contribution in [0.5, 0.6) is 0 Å². The number of hydrogen-bond donors (Lipinski definition) is 0. The summed E-state index contributed by atoms with van der Waals surface area (Å²) in [5, 5.41) is 0. The molecule has 0 unspecified atom stereocenters. The van der Waals surface area contributed by atoms with E-state index in [1.54, 1.807) is 0 Å². The standard InChI is InChI=1S/C10H14O5S/c1-3-9(11)14-5-7-16(13)8-6-15-10(12)4-2/h3-4H,1-2,5-8H2. The molecule has 0 aromatic rings. The fourth-order valence-corrected chi connectivity index (χ4v) is 1.43. The fraction of sp³-hybridized carbons (Fsp3) is 0.400. The monoisotopic (exact) mass is 246 g/mol. The molecule has 0 aliphatic heterocycles. The van der Waals surface area contributed by atoms with Gasteiger partial charge in [-0.25, -0.2) is 9.59 Å². The second-order valence-corrected chi connectivity index (χ2v) is 4.29. The highest BCUT2D eigenvalue weighted by Crippen LogP contribution is 1.88. The molecule has 90 valence electrons. The Morgan fingerprint density at radius 1 is 1.00 bits per heavy atom. The van der Waals surface area contributed by atoms with Crippen LogP contribution in [0, 0.1) is 0 Å². The van der Waals surface area contributed by atoms with Crippen LogP contribution in [-0.4, -0.2) is 40.9 Å². The summed E-state index contributed by atoms with van der Waals surface area (Å²) in [6.45, 7) is 6.56. The number of ether oxygens (including phenoxy) is 2. The molecule has 0 spiro atoms. The minimum absolute atomic E-state index is 0.0624. The van der Waals surface area contributed by atoms with Crippen molar-refractivity contribution in [1.29, 1.82) is 0 Å². The molecule has 0 amide bonds. The summed E-state index contributed by atoms with van der Waals surface area (Å²) in [7, 11) is -1.18. The molecule has 0 aromatic heterocycles. The van der Waals surface area contributed by atoms with E-state index in [1.807, 2.05) is 0 Å². The smallest absolute Gasteiger partial charge is 0.330 e. The van der Waals surface area contributed by atoms with E-state index < -0.39 is 22.7 Å². The Bertz CT molecular complexity index is 270. The van der Waals surface area contributed by atoms with Gasteiger partial charge in [0, 0.05) is 23.0 Å². The predicted molar refractivity (Wildman–Crippen MR) is 60.2 cm³/mol. The summed E-state index contributed by atoms with van der Waals surface area (Å²) < 4.78 is 20.5. The lowest BCUT2D eigenvalue weighted by Gasteiger charge is -2.03. The van der Waals surface area contributed by atoms with Crippen LogP contribution in [0.15, 0.2) is 25.3 Å². The van der Waals surface area contributed by atoms with Crippen molar-refractivity contribution in [2.24, 2.45) is 0 Å². The molecule has 0 atom stereocenters. The lowest BCUT2D eigenvalue weighted by molar-refractivity contribution is -0.137. The number of esters is 2. The number of carbonyl (C=O) groups is 2. The SMILES string of the molecule is C=CC(=O)OCCS(=O)CCOC(=O)C=C. The van der Waals surface area contributed by atoms with E-state index in [1.165, 1.54) is 0 Å². The van der Waals surface area contributed by atoms with E-state index in [4.69, 9.17) is 0 Å². The van der Waals surface area contributed by atoms with Gasteiger partial charge >= 0.3 is 11.9 Å². The van der Waals surface area contributed by atoms with Gasteiger partial charge in [0.25, 0.3) is 0 Å². The molecule has 0 radical (unpaired) electrons. The first kappa shape index (κ1) is 14.6. The molecule has 0 bridgehead atoms. The second kappa shape index (κ2) is 8.84. The first-order chi connectivity index (χ1) is 7.60. The summed E-state index contributed by atoms with van der Waals surface area (Å²) >= 11 is 0. The Kier molecular flexibility index (Phi) is 8.05. The largest absolute Gasteiger partial charge is 0.462 e. The molecule has 6 heteroatoms. The molecule has 0 rings (SSSR count). The maximum absolute atomic E-state index is 11.3. The molecule has 0 fully saturated rings. The maximum Gasteiger partial charge on any atom is 0.330 e. The van der Waals surface area contributed by atoms with Gasteiger partial charge in [-0.3, -0.25) is 4.21 Å². The molecule has 0 aliphatic carbocycles. The molecule has 0 aromatic carbocycles. The van der Waals surface area contributed by atoms with Gasteiger partial charge in [0.2, 0.25) is 0 Å². The van der Waals surface area contributed by atoms with E-state index in [0.29, 0.717) is 0 Å². The second-order valence-electron chi connectivity index (χ2n) is 2.59. The summed E-state index contributed by atoms with van der Waals surface area (Å²) in [5.74, 6) is -0.665. The van der Waals surface area contributed by atoms with Gasteiger partial charge in [-0.15, -0.1) is 0 Å². The highest BCUT2D eigenvalue weighted by atomic mass is 32.2. The first-order valence-corrected chi connectivity index (χ1v) is 6.02. The minimum atomic E-state index is -1.18. The minimum Gasteiger partial charge on any atom is -0.462 e. The fourth-order valence-electron chi connectivity index (χ4n) is 0.690. The highest BCUT2D eigenvalue weighted by molar-refractivity contribution is 7.85. The number of hydrogen-bond acceptors (Lipinski definition) is 5. The van der Waals surface area contributed by atoms with Gasteiger partial charge < -0.3 is 9.47 Å². The van der Waals surface area contributed by atoms with Crippen molar-refractivity contribution < 1.29 is 23.3 Å². The van der Waals surface area contributed by atoms with Crippen LogP contribution in [0.4, 0.5) is 0 Å². The molecule has 5 nitrogen and oxygen atoms in total. The molecule has 0 heterocycles. The first-order valence-electron chi connectivity index (χ1n) is 4.53. The number of carbonyl (C=O) groups excluding carboxylic acids is 2. The molecular weight excluding hydrogens is 232 g/mol. The van der Waals surface area contributed by atoms with E-state index in [9.17, 15) is 13.8 Å². The van der Waals surface area contributed by atoms with Crippen molar-refractivity contribution in [1.82, 2.24) is 0 Å². The van der Waals surface area contributed by atoms with Crippen molar-refractivity contribution >= 4 is 22.7 Å². The van der Waals surface area contributed by atoms with Crippen LogP contribution < -0.4 is 0 Å². The third kappa shape index (κ3) is 7.93. The van der Waals surface area contributed by atoms with Crippen LogP contribution in [0.1, 0.15) is 0 Å². The van der Waals surface area contributed by atoms with Crippen LogP contribution >= 0.6 is 0 Å². The molecular formula is C10H14O5S. The molecule has 16 heavy (non-hydrogen) atoms. The Morgan fingerprint density at radius 3 is 1.69 bits per heavy atom. The van der Waals surface area contributed by atoms with Crippen molar-refractivity contribution in [2.75, 3.05) is 24.7 Å². The quantitative estimate of drug-likeness (QED) is 0.452.